The highest BCUT2D eigenvalue weighted by atomic mass is 16.5. The molecule has 0 spiro atoms. The Hall–Kier alpha value is -1.89. The Kier molecular flexibility index (Phi) is 4.38. The van der Waals surface area contributed by atoms with Crippen molar-refractivity contribution >= 4 is 5.69 Å². The van der Waals surface area contributed by atoms with Crippen LogP contribution >= 0.6 is 0 Å². The molecule has 3 rings (SSSR count). The predicted molar refractivity (Wildman–Crippen MR) is 92.0 cm³/mol. The number of benzene rings is 1. The van der Waals surface area contributed by atoms with Gasteiger partial charge in [0.1, 0.15) is 12.4 Å². The molecule has 0 fully saturated rings. The van der Waals surface area contributed by atoms with Crippen molar-refractivity contribution in [2.75, 3.05) is 11.7 Å². The summed E-state index contributed by atoms with van der Waals surface area (Å²) < 4.78 is 7.58. The van der Waals surface area contributed by atoms with E-state index in [0.29, 0.717) is 19.8 Å². The van der Waals surface area contributed by atoms with E-state index < -0.39 is 5.60 Å². The first-order valence-electron chi connectivity index (χ1n) is 8.30. The Morgan fingerprint density at radius 3 is 2.67 bits per heavy atom. The zero-order valence-electron chi connectivity index (χ0n) is 14.7. The molecule has 1 aromatic carbocycles. The molecule has 0 saturated carbocycles. The summed E-state index contributed by atoms with van der Waals surface area (Å²) in [6.45, 7) is 8.79. The second kappa shape index (κ2) is 6.20. The maximum atomic E-state index is 10.5. The van der Waals surface area contributed by atoms with E-state index in [-0.39, 0.29) is 6.04 Å². The topological polar surface area (TPSA) is 70.8 Å². The summed E-state index contributed by atoms with van der Waals surface area (Å²) in [5.41, 5.74) is 2.52. The third-order valence-corrected chi connectivity index (χ3v) is 4.22. The molecule has 1 unspecified atom stereocenters. The molecule has 0 amide bonds. The van der Waals surface area contributed by atoms with Crippen LogP contribution in [0, 0.1) is 0 Å². The highest BCUT2D eigenvalue weighted by Crippen LogP contribution is 2.44. The Morgan fingerprint density at radius 1 is 1.29 bits per heavy atom. The summed E-state index contributed by atoms with van der Waals surface area (Å²) >= 11 is 0. The van der Waals surface area contributed by atoms with Gasteiger partial charge in [-0.1, -0.05) is 18.2 Å². The van der Waals surface area contributed by atoms with Crippen LogP contribution in [0.2, 0.25) is 0 Å². The lowest BCUT2D eigenvalue weighted by Crippen LogP contribution is -2.30. The van der Waals surface area contributed by atoms with E-state index in [2.05, 4.69) is 0 Å². The number of nitrogens with zero attached hydrogens (tertiary/aromatic N) is 3. The fourth-order valence-electron chi connectivity index (χ4n) is 3.15. The highest BCUT2D eigenvalue weighted by molar-refractivity contribution is 5.81. The van der Waals surface area contributed by atoms with Gasteiger partial charge in [0, 0.05) is 12.2 Å². The average molecular weight is 331 g/mol. The summed E-state index contributed by atoms with van der Waals surface area (Å²) in [5, 5.41) is 22.1. The molecule has 6 heteroatoms. The maximum Gasteiger partial charge on any atom is 0.135 e. The minimum Gasteiger partial charge on any atom is -0.389 e. The van der Waals surface area contributed by atoms with Gasteiger partial charge in [0.05, 0.1) is 35.3 Å². The molecule has 1 aliphatic heterocycles. The van der Waals surface area contributed by atoms with Crippen LogP contribution in [0.1, 0.15) is 45.3 Å². The van der Waals surface area contributed by atoms with Gasteiger partial charge in [-0.15, -0.1) is 0 Å². The number of hydrogen-bond acceptors (Lipinski definition) is 5. The van der Waals surface area contributed by atoms with Gasteiger partial charge in [-0.3, -0.25) is 5.21 Å². The third-order valence-electron chi connectivity index (χ3n) is 4.22. The second-order valence-electron chi connectivity index (χ2n) is 6.84. The summed E-state index contributed by atoms with van der Waals surface area (Å²) in [6, 6.07) is 7.43. The van der Waals surface area contributed by atoms with Crippen molar-refractivity contribution in [3.05, 3.63) is 35.8 Å². The Morgan fingerprint density at radius 2 is 2.00 bits per heavy atom. The van der Waals surface area contributed by atoms with Crippen molar-refractivity contribution in [1.82, 2.24) is 9.55 Å². The number of imidazole rings is 1. The molecular weight excluding hydrogens is 306 g/mol. The minimum absolute atomic E-state index is 0.265. The standard InChI is InChI=1S/C18H25N3O3/c1-5-24-10-15-19-16-12(2)21(23)14-9-7-6-8-13(14)17(16)20(15)11-18(3,4)22/h6-9,12,22-23H,5,10-11H2,1-4H3. The molecule has 2 N–H and O–H groups in total. The van der Waals surface area contributed by atoms with Crippen LogP contribution in [-0.2, 0) is 17.9 Å². The fourth-order valence-corrected chi connectivity index (χ4v) is 3.15. The summed E-state index contributed by atoms with van der Waals surface area (Å²) in [4.78, 5) is 4.73. The van der Waals surface area contributed by atoms with E-state index in [1.165, 1.54) is 5.06 Å². The van der Waals surface area contributed by atoms with Gasteiger partial charge in [-0.25, -0.2) is 10.0 Å². The SMILES string of the molecule is CCOCc1nc2c(n1CC(C)(C)O)-c1ccccc1N(O)C2C. The van der Waals surface area contributed by atoms with Crippen molar-refractivity contribution in [2.24, 2.45) is 0 Å². The first-order chi connectivity index (χ1) is 11.3. The lowest BCUT2D eigenvalue weighted by atomic mass is 9.98. The first-order valence-corrected chi connectivity index (χ1v) is 8.30. The molecule has 2 aromatic rings. The number of anilines is 1. The molecule has 6 nitrogen and oxygen atoms in total. The van der Waals surface area contributed by atoms with Crippen LogP contribution in [0.3, 0.4) is 0 Å². The summed E-state index contributed by atoms with van der Waals surface area (Å²) in [6.07, 6.45) is 0. The van der Waals surface area contributed by atoms with E-state index in [1.807, 2.05) is 42.7 Å². The number of para-hydroxylation sites is 1. The van der Waals surface area contributed by atoms with Gasteiger partial charge < -0.3 is 14.4 Å². The van der Waals surface area contributed by atoms with Crippen molar-refractivity contribution in [3.63, 3.8) is 0 Å². The van der Waals surface area contributed by atoms with Crippen LogP contribution < -0.4 is 5.06 Å². The second-order valence-corrected chi connectivity index (χ2v) is 6.84. The van der Waals surface area contributed by atoms with Crippen molar-refractivity contribution in [3.8, 4) is 11.3 Å². The zero-order chi connectivity index (χ0) is 17.5. The van der Waals surface area contributed by atoms with Crippen molar-refractivity contribution in [1.29, 1.82) is 0 Å². The molecular formula is C18H25N3O3. The quantitative estimate of drug-likeness (QED) is 0.881. The molecule has 1 aliphatic rings. The third kappa shape index (κ3) is 2.92. The van der Waals surface area contributed by atoms with Crippen LogP contribution in [0.15, 0.2) is 24.3 Å². The van der Waals surface area contributed by atoms with Gasteiger partial charge >= 0.3 is 0 Å². The zero-order valence-corrected chi connectivity index (χ0v) is 14.7. The molecule has 130 valence electrons. The lowest BCUT2D eigenvalue weighted by molar-refractivity contribution is 0.0574. The summed E-state index contributed by atoms with van der Waals surface area (Å²) in [7, 11) is 0. The van der Waals surface area contributed by atoms with E-state index in [0.717, 1.165) is 28.5 Å². The van der Waals surface area contributed by atoms with E-state index in [4.69, 9.17) is 9.72 Å². The normalized spacial score (nSPS) is 16.9. The number of hydrogen-bond donors (Lipinski definition) is 2. The number of fused-ring (bicyclic) bond motifs is 3. The molecule has 1 atom stereocenters. The predicted octanol–water partition coefficient (Wildman–Crippen LogP) is 3.13. The van der Waals surface area contributed by atoms with E-state index in [1.54, 1.807) is 13.8 Å². The van der Waals surface area contributed by atoms with E-state index >= 15 is 0 Å². The van der Waals surface area contributed by atoms with E-state index in [9.17, 15) is 10.3 Å². The molecule has 24 heavy (non-hydrogen) atoms. The average Bonchev–Trinajstić information content (AvgIpc) is 2.87. The van der Waals surface area contributed by atoms with Crippen molar-refractivity contribution < 1.29 is 15.1 Å². The molecule has 0 radical (unpaired) electrons. The Labute approximate surface area is 142 Å². The molecule has 1 aromatic heterocycles. The first kappa shape index (κ1) is 17.0. The van der Waals surface area contributed by atoms with Gasteiger partial charge in [0.25, 0.3) is 0 Å². The maximum absolute atomic E-state index is 10.5. The molecule has 0 aliphatic carbocycles. The van der Waals surface area contributed by atoms with Gasteiger partial charge in [0.2, 0.25) is 0 Å². The molecule has 0 bridgehead atoms. The molecule has 0 saturated heterocycles. The number of rotatable bonds is 5. The highest BCUT2D eigenvalue weighted by Gasteiger charge is 2.34. The van der Waals surface area contributed by atoms with Gasteiger partial charge in [-0.05, 0) is 33.8 Å². The monoisotopic (exact) mass is 331 g/mol. The number of aromatic nitrogens is 2. The van der Waals surface area contributed by atoms with Crippen molar-refractivity contribution in [2.45, 2.75) is 52.5 Å². The molecule has 2 heterocycles. The Bertz CT molecular complexity index is 734. The number of aliphatic hydroxyl groups is 1. The number of ether oxygens (including phenoxy) is 1. The number of hydroxylamine groups is 1. The lowest BCUT2D eigenvalue weighted by Gasteiger charge is -2.32. The van der Waals surface area contributed by atoms with Gasteiger partial charge in [-0.2, -0.15) is 0 Å². The smallest absolute Gasteiger partial charge is 0.135 e. The van der Waals surface area contributed by atoms with Crippen LogP contribution in [0.4, 0.5) is 5.69 Å². The van der Waals surface area contributed by atoms with Crippen LogP contribution in [0.5, 0.6) is 0 Å². The largest absolute Gasteiger partial charge is 0.389 e. The van der Waals surface area contributed by atoms with Crippen LogP contribution in [0.25, 0.3) is 11.3 Å². The van der Waals surface area contributed by atoms with Crippen LogP contribution in [-0.4, -0.2) is 32.1 Å². The Balaban J connectivity index is 2.20. The minimum atomic E-state index is -0.885. The fraction of sp³-hybridized carbons (Fsp3) is 0.500. The summed E-state index contributed by atoms with van der Waals surface area (Å²) in [5.74, 6) is 0.765. The van der Waals surface area contributed by atoms with Gasteiger partial charge in [0.15, 0.2) is 0 Å².